The van der Waals surface area contributed by atoms with E-state index >= 15 is 0 Å². The van der Waals surface area contributed by atoms with Gasteiger partial charge >= 0.3 is 0 Å². The molecule has 0 spiro atoms. The molecule has 35 heavy (non-hydrogen) atoms. The second-order valence-corrected chi connectivity index (χ2v) is 10.5. The van der Waals surface area contributed by atoms with Gasteiger partial charge in [0, 0.05) is 44.1 Å². The summed E-state index contributed by atoms with van der Waals surface area (Å²) >= 11 is 0. The molecule has 10 heteroatoms. The highest BCUT2D eigenvalue weighted by Crippen LogP contribution is 2.29. The van der Waals surface area contributed by atoms with E-state index in [0.29, 0.717) is 23.5 Å². The van der Waals surface area contributed by atoms with Crippen LogP contribution in [-0.2, 0) is 14.8 Å². The first-order chi connectivity index (χ1) is 17.0. The number of hydrogen-bond acceptors (Lipinski definition) is 7. The molecule has 190 valence electrons. The number of carbonyl (C=O) groups excluding carboxylic acids is 1. The fraction of sp³-hybridized carbons (Fsp3) is 0.480. The third-order valence-corrected chi connectivity index (χ3v) is 7.75. The van der Waals surface area contributed by atoms with E-state index in [0.717, 1.165) is 70.9 Å². The van der Waals surface area contributed by atoms with E-state index in [-0.39, 0.29) is 10.8 Å². The van der Waals surface area contributed by atoms with E-state index in [1.807, 2.05) is 6.07 Å². The van der Waals surface area contributed by atoms with Crippen molar-refractivity contribution in [3.8, 4) is 5.75 Å². The molecule has 0 unspecified atom stereocenters. The molecule has 2 saturated heterocycles. The van der Waals surface area contributed by atoms with Crippen molar-refractivity contribution in [3.05, 3.63) is 48.0 Å². The third-order valence-electron chi connectivity index (χ3n) is 6.35. The van der Waals surface area contributed by atoms with Crippen LogP contribution in [0.1, 0.15) is 29.6 Å². The molecule has 0 aromatic heterocycles. The van der Waals surface area contributed by atoms with E-state index in [1.165, 1.54) is 19.2 Å². The minimum atomic E-state index is -3.81. The first-order valence-electron chi connectivity index (χ1n) is 12.1. The maximum Gasteiger partial charge on any atom is 0.261 e. The van der Waals surface area contributed by atoms with Crippen molar-refractivity contribution in [1.29, 1.82) is 0 Å². The summed E-state index contributed by atoms with van der Waals surface area (Å²) < 4.78 is 38.9. The molecule has 0 aliphatic carbocycles. The van der Waals surface area contributed by atoms with Crippen molar-refractivity contribution in [1.82, 2.24) is 10.2 Å². The fourth-order valence-corrected chi connectivity index (χ4v) is 5.46. The maximum absolute atomic E-state index is 13.2. The Bertz CT molecular complexity index is 1100. The van der Waals surface area contributed by atoms with Crippen molar-refractivity contribution in [3.63, 3.8) is 0 Å². The van der Waals surface area contributed by atoms with Gasteiger partial charge in [0.2, 0.25) is 0 Å². The average molecular weight is 503 g/mol. The number of nitrogens with zero attached hydrogens (tertiary/aromatic N) is 2. The van der Waals surface area contributed by atoms with Crippen LogP contribution in [0.25, 0.3) is 0 Å². The van der Waals surface area contributed by atoms with Gasteiger partial charge < -0.3 is 19.7 Å². The monoisotopic (exact) mass is 502 g/mol. The number of rotatable bonds is 10. The Balaban J connectivity index is 1.46. The smallest absolute Gasteiger partial charge is 0.261 e. The van der Waals surface area contributed by atoms with Crippen LogP contribution in [-0.4, -0.2) is 78.8 Å². The van der Waals surface area contributed by atoms with E-state index in [1.54, 1.807) is 24.3 Å². The summed E-state index contributed by atoms with van der Waals surface area (Å²) in [4.78, 5) is 17.8. The highest BCUT2D eigenvalue weighted by atomic mass is 32.2. The van der Waals surface area contributed by atoms with Gasteiger partial charge in [-0.3, -0.25) is 14.4 Å². The minimum Gasteiger partial charge on any atom is -0.497 e. The quantitative estimate of drug-likeness (QED) is 0.482. The first-order valence-corrected chi connectivity index (χ1v) is 13.6. The molecule has 0 saturated carbocycles. The van der Waals surface area contributed by atoms with Crippen LogP contribution >= 0.6 is 0 Å². The number of morpholine rings is 1. The SMILES string of the molecule is COc1ccc(S(=O)(=O)Nc2ccc(N3CCCC3)c(C(=O)NCCCN3CCOCC3)c2)cc1. The number of nitrogens with one attached hydrogen (secondary N) is 2. The first kappa shape index (κ1) is 25.3. The van der Waals surface area contributed by atoms with Gasteiger partial charge in [0.15, 0.2) is 0 Å². The summed E-state index contributed by atoms with van der Waals surface area (Å²) in [5, 5.41) is 3.02. The normalized spacial score (nSPS) is 16.8. The Hall–Kier alpha value is -2.82. The number of benzene rings is 2. The maximum atomic E-state index is 13.2. The number of ether oxygens (including phenoxy) is 2. The second kappa shape index (κ2) is 11.7. The molecule has 0 radical (unpaired) electrons. The van der Waals surface area contributed by atoms with Gasteiger partial charge in [-0.2, -0.15) is 0 Å². The summed E-state index contributed by atoms with van der Waals surface area (Å²) in [6, 6.07) is 11.3. The van der Waals surface area contributed by atoms with Gasteiger partial charge in [-0.15, -0.1) is 0 Å². The van der Waals surface area contributed by atoms with Gasteiger partial charge in [-0.05, 0) is 68.3 Å². The molecule has 2 aliphatic rings. The van der Waals surface area contributed by atoms with Crippen LogP contribution in [0.2, 0.25) is 0 Å². The van der Waals surface area contributed by atoms with E-state index in [4.69, 9.17) is 9.47 Å². The lowest BCUT2D eigenvalue weighted by Crippen LogP contribution is -2.38. The Morgan fingerprint density at radius 1 is 1.03 bits per heavy atom. The zero-order chi connectivity index (χ0) is 24.7. The van der Waals surface area contributed by atoms with Crippen LogP contribution in [0.15, 0.2) is 47.4 Å². The van der Waals surface area contributed by atoms with Crippen molar-refractivity contribution >= 4 is 27.3 Å². The molecule has 2 fully saturated rings. The number of anilines is 2. The number of sulfonamides is 1. The van der Waals surface area contributed by atoms with Gasteiger partial charge in [-0.25, -0.2) is 8.42 Å². The van der Waals surface area contributed by atoms with Crippen LogP contribution < -0.4 is 19.7 Å². The van der Waals surface area contributed by atoms with Gasteiger partial charge in [0.25, 0.3) is 15.9 Å². The predicted octanol–water partition coefficient (Wildman–Crippen LogP) is 2.55. The van der Waals surface area contributed by atoms with Crippen LogP contribution in [0.5, 0.6) is 5.75 Å². The summed E-state index contributed by atoms with van der Waals surface area (Å²) in [5.74, 6) is 0.380. The Morgan fingerprint density at radius 2 is 1.74 bits per heavy atom. The van der Waals surface area contributed by atoms with Crippen molar-refractivity contribution in [2.45, 2.75) is 24.2 Å². The number of amides is 1. The highest BCUT2D eigenvalue weighted by Gasteiger charge is 2.22. The van der Waals surface area contributed by atoms with E-state index in [2.05, 4.69) is 19.8 Å². The van der Waals surface area contributed by atoms with Gasteiger partial charge in [-0.1, -0.05) is 0 Å². The van der Waals surface area contributed by atoms with Crippen molar-refractivity contribution < 1.29 is 22.7 Å². The molecular weight excluding hydrogens is 468 g/mol. The molecule has 2 heterocycles. The lowest BCUT2D eigenvalue weighted by atomic mass is 10.1. The van der Waals surface area contributed by atoms with Crippen LogP contribution in [0.3, 0.4) is 0 Å². The third kappa shape index (κ3) is 6.65. The average Bonchev–Trinajstić information content (AvgIpc) is 3.42. The largest absolute Gasteiger partial charge is 0.497 e. The number of hydrogen-bond donors (Lipinski definition) is 2. The summed E-state index contributed by atoms with van der Waals surface area (Å²) in [6.45, 7) is 6.58. The molecule has 0 atom stereocenters. The topological polar surface area (TPSA) is 100 Å². The lowest BCUT2D eigenvalue weighted by Gasteiger charge is -2.26. The highest BCUT2D eigenvalue weighted by molar-refractivity contribution is 7.92. The van der Waals surface area contributed by atoms with Crippen molar-refractivity contribution in [2.24, 2.45) is 0 Å². The predicted molar refractivity (Wildman–Crippen MR) is 136 cm³/mol. The Kier molecular flexibility index (Phi) is 8.48. The zero-order valence-corrected chi connectivity index (χ0v) is 21.0. The Labute approximate surface area is 207 Å². The molecule has 2 N–H and O–H groups in total. The lowest BCUT2D eigenvalue weighted by molar-refractivity contribution is 0.0374. The molecule has 0 bridgehead atoms. The molecule has 9 nitrogen and oxygen atoms in total. The number of carbonyl (C=O) groups is 1. The summed E-state index contributed by atoms with van der Waals surface area (Å²) in [5.41, 5.74) is 1.66. The van der Waals surface area contributed by atoms with Crippen LogP contribution in [0.4, 0.5) is 11.4 Å². The molecular formula is C25H34N4O5S. The van der Waals surface area contributed by atoms with E-state index < -0.39 is 10.0 Å². The molecule has 1 amide bonds. The van der Waals surface area contributed by atoms with Gasteiger partial charge in [0.05, 0.1) is 30.8 Å². The minimum absolute atomic E-state index is 0.121. The Morgan fingerprint density at radius 3 is 2.43 bits per heavy atom. The number of methoxy groups -OCH3 is 1. The van der Waals surface area contributed by atoms with Gasteiger partial charge in [0.1, 0.15) is 5.75 Å². The van der Waals surface area contributed by atoms with E-state index in [9.17, 15) is 13.2 Å². The molecule has 2 aromatic carbocycles. The fourth-order valence-electron chi connectivity index (χ4n) is 4.41. The summed E-state index contributed by atoms with van der Waals surface area (Å²) in [7, 11) is -2.29. The standard InChI is InChI=1S/C25H34N4O5S/c1-33-21-6-8-22(9-7-21)35(31,32)27-20-5-10-24(29-13-2-3-14-29)23(19-20)25(30)26-11-4-12-28-15-17-34-18-16-28/h5-10,19,27H,2-4,11-18H2,1H3,(H,26,30). The van der Waals surface area contributed by atoms with Crippen molar-refractivity contribution in [2.75, 3.05) is 69.2 Å². The van der Waals surface area contributed by atoms with Crippen LogP contribution in [0, 0.1) is 0 Å². The summed E-state index contributed by atoms with van der Waals surface area (Å²) in [6.07, 6.45) is 2.99. The molecule has 2 aromatic rings. The molecule has 2 aliphatic heterocycles. The second-order valence-electron chi connectivity index (χ2n) is 8.77. The zero-order valence-electron chi connectivity index (χ0n) is 20.2. The molecule has 4 rings (SSSR count).